The van der Waals surface area contributed by atoms with Crippen LogP contribution >= 0.6 is 7.82 Å². The van der Waals surface area contributed by atoms with Crippen molar-refractivity contribution in [3.8, 4) is 0 Å². The summed E-state index contributed by atoms with van der Waals surface area (Å²) < 4.78 is 30.1. The second kappa shape index (κ2) is 49.5. The number of phosphoric acid groups is 1. The summed E-state index contributed by atoms with van der Waals surface area (Å²) in [5.41, 5.74) is 0. The molecule has 0 radical (unpaired) electrons. The van der Waals surface area contributed by atoms with E-state index in [4.69, 9.17) is 13.8 Å². The molecule has 0 fully saturated rings. The average Bonchev–Trinajstić information content (AvgIpc) is 3.32. The molecule has 0 aromatic heterocycles. The number of nitrogens with one attached hydrogen (secondary N) is 1. The molecule has 0 aromatic rings. The Kier molecular flexibility index (Phi) is 47.3. The minimum atomic E-state index is -4.72. The molecule has 0 saturated heterocycles. The smallest absolute Gasteiger partial charge is 0.306 e. The Morgan fingerprint density at radius 2 is 0.929 bits per heavy atom. The Morgan fingerprint density at radius 3 is 1.43 bits per heavy atom. The zero-order valence-electron chi connectivity index (χ0n) is 45.7. The van der Waals surface area contributed by atoms with Crippen LogP contribution in [0, 0.1) is 0 Å². The molecular weight excluding hydrogens is 892 g/mol. The van der Waals surface area contributed by atoms with Crippen LogP contribution in [-0.2, 0) is 27.9 Å². The van der Waals surface area contributed by atoms with Crippen molar-refractivity contribution in [3.63, 3.8) is 0 Å². The lowest BCUT2D eigenvalue weighted by Crippen LogP contribution is -2.47. The van der Waals surface area contributed by atoms with Gasteiger partial charge in [0.05, 0.1) is 33.8 Å². The van der Waals surface area contributed by atoms with E-state index in [0.29, 0.717) is 23.9 Å². The van der Waals surface area contributed by atoms with Crippen molar-refractivity contribution in [1.82, 2.24) is 5.32 Å². The summed E-state index contributed by atoms with van der Waals surface area (Å²) >= 11 is 0. The molecule has 0 aliphatic carbocycles. The van der Waals surface area contributed by atoms with Crippen molar-refractivity contribution in [2.45, 2.75) is 232 Å². The van der Waals surface area contributed by atoms with Gasteiger partial charge in [-0.2, -0.15) is 0 Å². The van der Waals surface area contributed by atoms with Crippen molar-refractivity contribution in [2.24, 2.45) is 0 Å². The number of ether oxygens (including phenoxy) is 1. The maximum Gasteiger partial charge on any atom is 0.306 e. The van der Waals surface area contributed by atoms with Crippen molar-refractivity contribution in [2.75, 3.05) is 40.9 Å². The highest BCUT2D eigenvalue weighted by Gasteiger charge is 2.27. The number of carbonyl (C=O) groups excluding carboxylic acids is 2. The standard InChI is InChI=1S/C60H105N2O7P/c1-7-10-13-16-19-22-25-27-29-31-33-35-38-41-44-47-50-53-60(64)69-58(51-48-45-42-39-36-24-21-18-15-12-9-3)57(56-68-70(65,66)67-55-54-62(4,5)6)61-59(63)52-49-46-43-40-37-34-32-30-28-26-23-20-17-14-11-8-2/h11,14,19-20,22-23,27-30,34,37,43,46,48,51,57-58H,7-10,12-13,15-18,21,24-26,31-33,35-36,38-42,44-45,47,49-50,52-56H2,1-6H3,(H-,61,63,65,66)/b14-11+,22-19-,23-20+,29-27-,30-28+,37-34+,46-43+,51-48+. The molecule has 9 nitrogen and oxygen atoms in total. The fourth-order valence-corrected chi connectivity index (χ4v) is 8.14. The van der Waals surface area contributed by atoms with Gasteiger partial charge in [0.15, 0.2) is 0 Å². The highest BCUT2D eigenvalue weighted by Crippen LogP contribution is 2.38. The number of allylic oxidation sites excluding steroid dienone is 15. The zero-order valence-corrected chi connectivity index (χ0v) is 46.6. The molecular formula is C60H105N2O7P. The number of amides is 1. The van der Waals surface area contributed by atoms with Gasteiger partial charge in [-0.1, -0.05) is 208 Å². The molecule has 0 aliphatic rings. The third kappa shape index (κ3) is 49.9. The largest absolute Gasteiger partial charge is 0.756 e. The molecule has 10 heteroatoms. The summed E-state index contributed by atoms with van der Waals surface area (Å²) in [5.74, 6) is -0.654. The Labute approximate surface area is 430 Å². The minimum Gasteiger partial charge on any atom is -0.756 e. The van der Waals surface area contributed by atoms with Crippen molar-refractivity contribution in [1.29, 1.82) is 0 Å². The van der Waals surface area contributed by atoms with Gasteiger partial charge >= 0.3 is 5.97 Å². The lowest BCUT2D eigenvalue weighted by molar-refractivity contribution is -0.870. The first-order chi connectivity index (χ1) is 33.9. The molecule has 0 heterocycles. The van der Waals surface area contributed by atoms with Crippen LogP contribution in [0.25, 0.3) is 0 Å². The van der Waals surface area contributed by atoms with E-state index >= 15 is 0 Å². The highest BCUT2D eigenvalue weighted by atomic mass is 31.2. The maximum atomic E-state index is 13.4. The Morgan fingerprint density at radius 1 is 0.514 bits per heavy atom. The molecule has 0 bridgehead atoms. The molecule has 402 valence electrons. The number of phosphoric ester groups is 1. The second-order valence-corrected chi connectivity index (χ2v) is 21.1. The number of unbranched alkanes of at least 4 members (excludes halogenated alkanes) is 19. The Bertz CT molecular complexity index is 1520. The summed E-state index contributed by atoms with van der Waals surface area (Å²) in [6.07, 6.45) is 65.3. The second-order valence-electron chi connectivity index (χ2n) is 19.7. The molecule has 1 amide bonds. The lowest BCUT2D eigenvalue weighted by Gasteiger charge is -2.30. The molecule has 3 unspecified atom stereocenters. The predicted octanol–water partition coefficient (Wildman–Crippen LogP) is 16.2. The van der Waals surface area contributed by atoms with E-state index in [0.717, 1.165) is 83.5 Å². The van der Waals surface area contributed by atoms with Crippen LogP contribution in [0.15, 0.2) is 97.2 Å². The minimum absolute atomic E-state index is 0.0414. The number of likely N-dealkylation sites (N-methyl/N-ethyl adjacent to an activating group) is 1. The van der Waals surface area contributed by atoms with Crippen LogP contribution < -0.4 is 10.2 Å². The third-order valence-corrected chi connectivity index (χ3v) is 12.7. The number of quaternary nitrogens is 1. The van der Waals surface area contributed by atoms with Gasteiger partial charge in [0.2, 0.25) is 5.91 Å². The molecule has 0 rings (SSSR count). The van der Waals surface area contributed by atoms with Gasteiger partial charge in [-0.15, -0.1) is 0 Å². The molecule has 1 N–H and O–H groups in total. The van der Waals surface area contributed by atoms with E-state index in [-0.39, 0.29) is 31.3 Å². The van der Waals surface area contributed by atoms with Crippen molar-refractivity contribution >= 4 is 19.7 Å². The molecule has 0 aromatic carbocycles. The predicted molar refractivity (Wildman–Crippen MR) is 297 cm³/mol. The van der Waals surface area contributed by atoms with Crippen LogP contribution in [0.5, 0.6) is 0 Å². The Hall–Kier alpha value is -3.07. The first-order valence-corrected chi connectivity index (χ1v) is 29.5. The topological polar surface area (TPSA) is 114 Å². The number of hydrogen-bond acceptors (Lipinski definition) is 7. The first-order valence-electron chi connectivity index (χ1n) is 28.0. The van der Waals surface area contributed by atoms with E-state index in [1.807, 2.05) is 39.4 Å². The molecule has 0 aliphatic heterocycles. The quantitative estimate of drug-likeness (QED) is 0.0212. The summed E-state index contributed by atoms with van der Waals surface area (Å²) in [5, 5.41) is 2.96. The van der Waals surface area contributed by atoms with Crippen LogP contribution in [-0.4, -0.2) is 69.4 Å². The van der Waals surface area contributed by atoms with Crippen molar-refractivity contribution in [3.05, 3.63) is 97.2 Å². The fourth-order valence-electron chi connectivity index (χ4n) is 7.42. The van der Waals surface area contributed by atoms with Crippen LogP contribution in [0.1, 0.15) is 220 Å². The van der Waals surface area contributed by atoms with Gasteiger partial charge in [-0.05, 0) is 96.0 Å². The third-order valence-electron chi connectivity index (χ3n) is 11.8. The number of rotatable bonds is 49. The average molecular weight is 997 g/mol. The van der Waals surface area contributed by atoms with Crippen molar-refractivity contribution < 1.29 is 37.3 Å². The van der Waals surface area contributed by atoms with Gasteiger partial charge < -0.3 is 28.5 Å². The normalized spacial score (nSPS) is 14.6. The van der Waals surface area contributed by atoms with Gasteiger partial charge in [0, 0.05) is 12.8 Å². The summed E-state index contributed by atoms with van der Waals surface area (Å²) in [4.78, 5) is 39.8. The van der Waals surface area contributed by atoms with E-state index in [2.05, 4.69) is 99.0 Å². The van der Waals surface area contributed by atoms with Crippen LogP contribution in [0.2, 0.25) is 0 Å². The SMILES string of the molecule is CC/C=C/C/C=C/C/C=C/C/C=C/C/C=C/CCC(=O)NC(COP(=O)([O-])OCC[N+](C)(C)C)C(/C=C/CCCCCCCCCCC)OC(=O)CCCCCCCCC/C=C\C/C=C\CCCCC. The zero-order chi connectivity index (χ0) is 51.5. The van der Waals surface area contributed by atoms with E-state index in [1.54, 1.807) is 6.08 Å². The number of carbonyl (C=O) groups is 2. The fraction of sp³-hybridized carbons (Fsp3) is 0.700. The number of nitrogens with zero attached hydrogens (tertiary/aromatic N) is 1. The number of hydrogen-bond donors (Lipinski definition) is 1. The number of esters is 1. The maximum absolute atomic E-state index is 13.4. The molecule has 70 heavy (non-hydrogen) atoms. The summed E-state index contributed by atoms with van der Waals surface area (Å²) in [6.45, 7) is 6.61. The van der Waals surface area contributed by atoms with Gasteiger partial charge in [-0.3, -0.25) is 14.2 Å². The lowest BCUT2D eigenvalue weighted by atomic mass is 10.1. The van der Waals surface area contributed by atoms with E-state index in [9.17, 15) is 19.0 Å². The summed E-state index contributed by atoms with van der Waals surface area (Å²) in [7, 11) is 1.12. The van der Waals surface area contributed by atoms with Crippen LogP contribution in [0.3, 0.4) is 0 Å². The molecule has 0 spiro atoms. The van der Waals surface area contributed by atoms with Gasteiger partial charge in [0.1, 0.15) is 19.3 Å². The van der Waals surface area contributed by atoms with E-state index < -0.39 is 26.6 Å². The monoisotopic (exact) mass is 997 g/mol. The van der Waals surface area contributed by atoms with E-state index in [1.165, 1.54) is 89.9 Å². The first kappa shape index (κ1) is 66.9. The van der Waals surface area contributed by atoms with Gasteiger partial charge in [-0.25, -0.2) is 0 Å². The Balaban J connectivity index is 5.46. The molecule has 3 atom stereocenters. The van der Waals surface area contributed by atoms with Gasteiger partial charge in [0.25, 0.3) is 7.82 Å². The van der Waals surface area contributed by atoms with Crippen LogP contribution in [0.4, 0.5) is 0 Å². The summed E-state index contributed by atoms with van der Waals surface area (Å²) in [6, 6.07) is -0.935. The molecule has 0 saturated carbocycles. The highest BCUT2D eigenvalue weighted by molar-refractivity contribution is 7.45.